The van der Waals surface area contributed by atoms with Crippen LogP contribution in [-0.4, -0.2) is 19.3 Å². The van der Waals surface area contributed by atoms with E-state index in [1.165, 1.54) is 18.2 Å². The van der Waals surface area contributed by atoms with Crippen LogP contribution in [0.2, 0.25) is 0 Å². The predicted molar refractivity (Wildman–Crippen MR) is 58.6 cm³/mol. The van der Waals surface area contributed by atoms with Crippen LogP contribution in [0.1, 0.15) is 18.4 Å². The summed E-state index contributed by atoms with van der Waals surface area (Å²) in [6, 6.07) is 6.48. The molecule has 1 saturated heterocycles. The molecule has 0 amide bonds. The molecule has 0 aliphatic carbocycles. The second kappa shape index (κ2) is 4.95. The summed E-state index contributed by atoms with van der Waals surface area (Å²) in [6.45, 7) is 1.43. The summed E-state index contributed by atoms with van der Waals surface area (Å²) in [4.78, 5) is 0. The highest BCUT2D eigenvalue weighted by Gasteiger charge is 2.15. The molecule has 0 bridgehead atoms. The number of anilines is 1. The fourth-order valence-electron chi connectivity index (χ4n) is 1.80. The van der Waals surface area contributed by atoms with E-state index in [1.807, 2.05) is 0 Å². The quantitative estimate of drug-likeness (QED) is 0.831. The number of ether oxygens (including phenoxy) is 1. The topological polar surface area (TPSA) is 45.0 Å². The van der Waals surface area contributed by atoms with Crippen LogP contribution in [0.3, 0.4) is 0 Å². The molecule has 16 heavy (non-hydrogen) atoms. The van der Waals surface area contributed by atoms with Gasteiger partial charge in [0.2, 0.25) is 0 Å². The molecule has 1 aliphatic rings. The summed E-state index contributed by atoms with van der Waals surface area (Å²) in [6.07, 6.45) is 1.78. The van der Waals surface area contributed by atoms with Crippen LogP contribution in [0, 0.1) is 17.1 Å². The molecule has 0 saturated carbocycles. The fourth-order valence-corrected chi connectivity index (χ4v) is 1.80. The minimum Gasteiger partial charge on any atom is -0.381 e. The van der Waals surface area contributed by atoms with Crippen molar-refractivity contribution in [2.45, 2.75) is 18.9 Å². The SMILES string of the molecule is N#Cc1ccc(F)cc1NC1CCOCC1. The van der Waals surface area contributed by atoms with E-state index >= 15 is 0 Å². The van der Waals surface area contributed by atoms with Gasteiger partial charge < -0.3 is 10.1 Å². The van der Waals surface area contributed by atoms with Crippen LogP contribution < -0.4 is 5.32 Å². The molecule has 1 aromatic rings. The van der Waals surface area contributed by atoms with Gasteiger partial charge in [0.05, 0.1) is 11.3 Å². The summed E-state index contributed by atoms with van der Waals surface area (Å²) in [5.41, 5.74) is 1.06. The second-order valence-electron chi connectivity index (χ2n) is 3.83. The van der Waals surface area contributed by atoms with E-state index in [1.54, 1.807) is 0 Å². The Kier molecular flexibility index (Phi) is 3.37. The number of nitrogens with zero attached hydrogens (tertiary/aromatic N) is 1. The molecule has 4 heteroatoms. The summed E-state index contributed by atoms with van der Waals surface area (Å²) in [5, 5.41) is 12.1. The summed E-state index contributed by atoms with van der Waals surface area (Å²) >= 11 is 0. The lowest BCUT2D eigenvalue weighted by Crippen LogP contribution is -2.28. The van der Waals surface area contributed by atoms with Crippen LogP contribution in [0.25, 0.3) is 0 Å². The Morgan fingerprint density at radius 1 is 1.38 bits per heavy atom. The van der Waals surface area contributed by atoms with E-state index in [4.69, 9.17) is 10.00 Å². The maximum Gasteiger partial charge on any atom is 0.125 e. The van der Waals surface area contributed by atoms with Gasteiger partial charge in [-0.05, 0) is 31.0 Å². The highest BCUT2D eigenvalue weighted by molar-refractivity contribution is 5.58. The number of nitriles is 1. The van der Waals surface area contributed by atoms with Crippen molar-refractivity contribution in [1.29, 1.82) is 5.26 Å². The first-order valence-corrected chi connectivity index (χ1v) is 5.33. The molecule has 0 atom stereocenters. The van der Waals surface area contributed by atoms with Gasteiger partial charge in [0.1, 0.15) is 11.9 Å². The maximum absolute atomic E-state index is 13.1. The number of hydrogen-bond acceptors (Lipinski definition) is 3. The Labute approximate surface area is 93.8 Å². The van der Waals surface area contributed by atoms with E-state index < -0.39 is 0 Å². The van der Waals surface area contributed by atoms with Gasteiger partial charge in [-0.15, -0.1) is 0 Å². The molecule has 1 aromatic carbocycles. The van der Waals surface area contributed by atoms with Crippen molar-refractivity contribution in [3.63, 3.8) is 0 Å². The molecule has 1 N–H and O–H groups in total. The molecule has 0 radical (unpaired) electrons. The predicted octanol–water partition coefficient (Wildman–Crippen LogP) is 2.29. The fraction of sp³-hybridized carbons (Fsp3) is 0.417. The smallest absolute Gasteiger partial charge is 0.125 e. The zero-order valence-electron chi connectivity index (χ0n) is 8.87. The molecule has 84 valence electrons. The molecule has 1 heterocycles. The average molecular weight is 220 g/mol. The van der Waals surface area contributed by atoms with Gasteiger partial charge in [-0.1, -0.05) is 0 Å². The van der Waals surface area contributed by atoms with E-state index in [0.29, 0.717) is 11.3 Å². The lowest BCUT2D eigenvalue weighted by atomic mass is 10.1. The van der Waals surface area contributed by atoms with Gasteiger partial charge in [0.15, 0.2) is 0 Å². The highest BCUT2D eigenvalue weighted by atomic mass is 19.1. The van der Waals surface area contributed by atoms with Gasteiger partial charge in [0.25, 0.3) is 0 Å². The molecule has 3 nitrogen and oxygen atoms in total. The van der Waals surface area contributed by atoms with Crippen molar-refractivity contribution in [3.8, 4) is 6.07 Å². The molecule has 1 fully saturated rings. The minimum atomic E-state index is -0.325. The minimum absolute atomic E-state index is 0.266. The van der Waals surface area contributed by atoms with Gasteiger partial charge in [0, 0.05) is 19.3 Å². The molecule has 0 unspecified atom stereocenters. The van der Waals surface area contributed by atoms with Crippen molar-refractivity contribution >= 4 is 5.69 Å². The molecular weight excluding hydrogens is 207 g/mol. The first-order valence-electron chi connectivity index (χ1n) is 5.33. The summed E-state index contributed by atoms with van der Waals surface area (Å²) < 4.78 is 18.3. The number of hydrogen-bond donors (Lipinski definition) is 1. The number of benzene rings is 1. The normalized spacial score (nSPS) is 16.8. The summed E-state index contributed by atoms with van der Waals surface area (Å²) in [5.74, 6) is -0.325. The lowest BCUT2D eigenvalue weighted by Gasteiger charge is -2.24. The highest BCUT2D eigenvalue weighted by Crippen LogP contribution is 2.20. The number of rotatable bonds is 2. The van der Waals surface area contributed by atoms with Crippen molar-refractivity contribution in [2.75, 3.05) is 18.5 Å². The average Bonchev–Trinajstić information content (AvgIpc) is 2.31. The first-order chi connectivity index (χ1) is 7.79. The molecular formula is C12H13FN2O. The van der Waals surface area contributed by atoms with E-state index in [2.05, 4.69) is 11.4 Å². The van der Waals surface area contributed by atoms with Gasteiger partial charge in [-0.25, -0.2) is 4.39 Å². The number of halogens is 1. The molecule has 0 spiro atoms. The maximum atomic E-state index is 13.1. The standard InChI is InChI=1S/C12H13FN2O/c13-10-2-1-9(8-14)12(7-10)15-11-3-5-16-6-4-11/h1-2,7,11,15H,3-6H2. The van der Waals surface area contributed by atoms with Crippen molar-refractivity contribution in [3.05, 3.63) is 29.6 Å². The Morgan fingerprint density at radius 2 is 2.12 bits per heavy atom. The molecule has 0 aromatic heterocycles. The van der Waals surface area contributed by atoms with Crippen molar-refractivity contribution < 1.29 is 9.13 Å². The third kappa shape index (κ3) is 2.50. The van der Waals surface area contributed by atoms with Crippen molar-refractivity contribution in [2.24, 2.45) is 0 Å². The van der Waals surface area contributed by atoms with Crippen molar-refractivity contribution in [1.82, 2.24) is 0 Å². The van der Waals surface area contributed by atoms with Crippen LogP contribution in [0.15, 0.2) is 18.2 Å². The van der Waals surface area contributed by atoms with Gasteiger partial charge in [-0.3, -0.25) is 0 Å². The van der Waals surface area contributed by atoms with E-state index in [-0.39, 0.29) is 11.9 Å². The van der Waals surface area contributed by atoms with Crippen LogP contribution in [-0.2, 0) is 4.74 Å². The van der Waals surface area contributed by atoms with Gasteiger partial charge in [-0.2, -0.15) is 5.26 Å². The number of nitrogens with one attached hydrogen (secondary N) is 1. The largest absolute Gasteiger partial charge is 0.381 e. The Bertz CT molecular complexity index is 408. The van der Waals surface area contributed by atoms with E-state index in [9.17, 15) is 4.39 Å². The van der Waals surface area contributed by atoms with Gasteiger partial charge >= 0.3 is 0 Å². The third-order valence-electron chi connectivity index (χ3n) is 2.68. The van der Waals surface area contributed by atoms with E-state index in [0.717, 1.165) is 26.1 Å². The zero-order chi connectivity index (χ0) is 11.4. The van der Waals surface area contributed by atoms with Crippen LogP contribution >= 0.6 is 0 Å². The second-order valence-corrected chi connectivity index (χ2v) is 3.83. The Balaban J connectivity index is 2.13. The Morgan fingerprint density at radius 3 is 2.81 bits per heavy atom. The third-order valence-corrected chi connectivity index (χ3v) is 2.68. The molecule has 1 aliphatic heterocycles. The van der Waals surface area contributed by atoms with Crippen LogP contribution in [0.5, 0.6) is 0 Å². The lowest BCUT2D eigenvalue weighted by molar-refractivity contribution is 0.0904. The van der Waals surface area contributed by atoms with Crippen LogP contribution in [0.4, 0.5) is 10.1 Å². The molecule has 2 rings (SSSR count). The Hall–Kier alpha value is -1.60. The zero-order valence-corrected chi connectivity index (χ0v) is 8.87. The summed E-state index contributed by atoms with van der Waals surface area (Å²) in [7, 11) is 0. The first kappa shape index (κ1) is 10.9. The monoisotopic (exact) mass is 220 g/mol.